The lowest BCUT2D eigenvalue weighted by Gasteiger charge is -2.06. The number of nitrogens with one attached hydrogen (secondary N) is 3. The van der Waals surface area contributed by atoms with Gasteiger partial charge in [-0.15, -0.1) is 0 Å². The van der Waals surface area contributed by atoms with Crippen molar-refractivity contribution in [1.29, 1.82) is 0 Å². The molecule has 4 rings (SSSR count). The van der Waals surface area contributed by atoms with E-state index in [0.29, 0.717) is 17.5 Å². The highest BCUT2D eigenvalue weighted by molar-refractivity contribution is 5.88. The van der Waals surface area contributed by atoms with Crippen LogP contribution in [0, 0.1) is 0 Å². The first kappa shape index (κ1) is 11.5. The van der Waals surface area contributed by atoms with Crippen LogP contribution in [0.25, 0.3) is 22.4 Å². The Bertz CT molecular complexity index is 866. The minimum Gasteiger partial charge on any atom is -0.322 e. The zero-order chi connectivity index (χ0) is 14.1. The van der Waals surface area contributed by atoms with Crippen LogP contribution < -0.4 is 5.32 Å². The number of rotatable bonds is 3. The fraction of sp³-hybridized carbons (Fsp3) is 0. The van der Waals surface area contributed by atoms with Crippen LogP contribution in [0.3, 0.4) is 0 Å². The quantitative estimate of drug-likeness (QED) is 0.528. The van der Waals surface area contributed by atoms with Crippen LogP contribution in [0.2, 0.25) is 0 Å². The summed E-state index contributed by atoms with van der Waals surface area (Å²) in [6.45, 7) is 0. The van der Waals surface area contributed by atoms with Crippen LogP contribution in [0.4, 0.5) is 11.6 Å². The highest BCUT2D eigenvalue weighted by Gasteiger charge is 2.11. The zero-order valence-electron chi connectivity index (χ0n) is 10.8. The molecule has 0 radical (unpaired) electrons. The molecule has 0 saturated heterocycles. The summed E-state index contributed by atoms with van der Waals surface area (Å²) in [6, 6.07) is 5.54. The van der Waals surface area contributed by atoms with Gasteiger partial charge in [0.05, 0.1) is 6.20 Å². The molecule has 4 aromatic heterocycles. The van der Waals surface area contributed by atoms with Crippen LogP contribution in [-0.2, 0) is 0 Å². The largest absolute Gasteiger partial charge is 0.322 e. The Morgan fingerprint density at radius 1 is 1.05 bits per heavy atom. The van der Waals surface area contributed by atoms with Gasteiger partial charge in [-0.3, -0.25) is 15.2 Å². The van der Waals surface area contributed by atoms with Gasteiger partial charge in [-0.2, -0.15) is 10.2 Å². The van der Waals surface area contributed by atoms with Gasteiger partial charge in [-0.25, -0.2) is 9.97 Å². The van der Waals surface area contributed by atoms with E-state index in [-0.39, 0.29) is 0 Å². The summed E-state index contributed by atoms with van der Waals surface area (Å²) < 4.78 is 0. The molecule has 0 amide bonds. The Morgan fingerprint density at radius 2 is 1.95 bits per heavy atom. The minimum atomic E-state index is 0.601. The lowest BCUT2D eigenvalue weighted by atomic mass is 10.2. The SMILES string of the molecule is c1cc(-c2nc(Nc3cc[nH]n3)c3[nH]ncc3n2)ccn1. The summed E-state index contributed by atoms with van der Waals surface area (Å²) in [5.74, 6) is 1.89. The zero-order valence-corrected chi connectivity index (χ0v) is 10.8. The maximum absolute atomic E-state index is 4.54. The van der Waals surface area contributed by atoms with Gasteiger partial charge in [-0.1, -0.05) is 0 Å². The Kier molecular flexibility index (Phi) is 2.57. The second-order valence-corrected chi connectivity index (χ2v) is 4.35. The number of pyridine rings is 1. The Morgan fingerprint density at radius 3 is 2.76 bits per heavy atom. The third kappa shape index (κ3) is 2.08. The minimum absolute atomic E-state index is 0.601. The first-order chi connectivity index (χ1) is 10.4. The lowest BCUT2D eigenvalue weighted by Crippen LogP contribution is -1.99. The molecule has 8 nitrogen and oxygen atoms in total. The second-order valence-electron chi connectivity index (χ2n) is 4.35. The first-order valence-electron chi connectivity index (χ1n) is 6.28. The number of H-pyrrole nitrogens is 2. The Balaban J connectivity index is 1.86. The van der Waals surface area contributed by atoms with Crippen molar-refractivity contribution in [2.75, 3.05) is 5.32 Å². The molecule has 8 heteroatoms. The number of aromatic amines is 2. The Labute approximate surface area is 118 Å². The third-order valence-corrected chi connectivity index (χ3v) is 2.99. The molecule has 4 heterocycles. The van der Waals surface area contributed by atoms with Crippen molar-refractivity contribution in [3.8, 4) is 11.4 Å². The number of nitrogens with zero attached hydrogens (tertiary/aromatic N) is 5. The molecule has 3 N–H and O–H groups in total. The van der Waals surface area contributed by atoms with E-state index in [1.54, 1.807) is 24.8 Å². The van der Waals surface area contributed by atoms with Crippen molar-refractivity contribution in [2.24, 2.45) is 0 Å². The molecular weight excluding hydrogens is 268 g/mol. The third-order valence-electron chi connectivity index (χ3n) is 2.99. The van der Waals surface area contributed by atoms with E-state index in [0.717, 1.165) is 16.6 Å². The molecule has 0 aliphatic rings. The van der Waals surface area contributed by atoms with E-state index in [9.17, 15) is 0 Å². The average molecular weight is 278 g/mol. The van der Waals surface area contributed by atoms with E-state index in [1.807, 2.05) is 18.2 Å². The number of hydrogen-bond donors (Lipinski definition) is 3. The van der Waals surface area contributed by atoms with Crippen LogP contribution in [0.1, 0.15) is 0 Å². The topological polar surface area (TPSA) is 108 Å². The molecular formula is C13H10N8. The van der Waals surface area contributed by atoms with Crippen molar-refractivity contribution >= 4 is 22.7 Å². The van der Waals surface area contributed by atoms with Gasteiger partial charge in [0.25, 0.3) is 0 Å². The number of aromatic nitrogens is 7. The molecule has 0 atom stereocenters. The molecule has 0 aliphatic heterocycles. The second kappa shape index (κ2) is 4.67. The van der Waals surface area contributed by atoms with E-state index >= 15 is 0 Å². The molecule has 0 fully saturated rings. The first-order valence-corrected chi connectivity index (χ1v) is 6.28. The smallest absolute Gasteiger partial charge is 0.162 e. The van der Waals surface area contributed by atoms with Gasteiger partial charge in [0.15, 0.2) is 17.5 Å². The van der Waals surface area contributed by atoms with Gasteiger partial charge in [0.1, 0.15) is 11.0 Å². The van der Waals surface area contributed by atoms with Gasteiger partial charge >= 0.3 is 0 Å². The fourth-order valence-corrected chi connectivity index (χ4v) is 2.01. The van der Waals surface area contributed by atoms with Crippen molar-refractivity contribution in [3.63, 3.8) is 0 Å². The van der Waals surface area contributed by atoms with Gasteiger partial charge in [0.2, 0.25) is 0 Å². The lowest BCUT2D eigenvalue weighted by molar-refractivity contribution is 1.08. The summed E-state index contributed by atoms with van der Waals surface area (Å²) in [7, 11) is 0. The summed E-state index contributed by atoms with van der Waals surface area (Å²) >= 11 is 0. The van der Waals surface area contributed by atoms with Gasteiger partial charge in [-0.05, 0) is 12.1 Å². The normalized spacial score (nSPS) is 10.9. The summed E-state index contributed by atoms with van der Waals surface area (Å²) in [5, 5.41) is 16.9. The van der Waals surface area contributed by atoms with Crippen LogP contribution in [0.5, 0.6) is 0 Å². The van der Waals surface area contributed by atoms with Gasteiger partial charge < -0.3 is 5.32 Å². The standard InChI is InChI=1S/C13H10N8/c1-4-14-5-2-8(1)12-17-9-7-16-21-11(9)13(19-12)18-10-3-6-15-20-10/h1-7H,(H,16,21)(H2,15,17,18,19,20). The molecule has 21 heavy (non-hydrogen) atoms. The van der Waals surface area contributed by atoms with Crippen LogP contribution in [-0.4, -0.2) is 35.3 Å². The van der Waals surface area contributed by atoms with E-state index in [2.05, 4.69) is 40.7 Å². The molecule has 0 bridgehead atoms. The molecule has 4 aromatic rings. The van der Waals surface area contributed by atoms with Crippen molar-refractivity contribution in [3.05, 3.63) is 43.0 Å². The predicted molar refractivity (Wildman–Crippen MR) is 76.8 cm³/mol. The number of anilines is 2. The maximum atomic E-state index is 4.54. The molecule has 0 aromatic carbocycles. The van der Waals surface area contributed by atoms with E-state index in [4.69, 9.17) is 0 Å². The predicted octanol–water partition coefficient (Wildman–Crippen LogP) is 1.88. The average Bonchev–Trinajstić information content (AvgIpc) is 3.19. The summed E-state index contributed by atoms with van der Waals surface area (Å²) in [4.78, 5) is 13.0. The number of fused-ring (bicyclic) bond motifs is 1. The van der Waals surface area contributed by atoms with Crippen molar-refractivity contribution < 1.29 is 0 Å². The van der Waals surface area contributed by atoms with Crippen molar-refractivity contribution in [1.82, 2.24) is 35.3 Å². The van der Waals surface area contributed by atoms with Crippen molar-refractivity contribution in [2.45, 2.75) is 0 Å². The van der Waals surface area contributed by atoms with Crippen LogP contribution >= 0.6 is 0 Å². The molecule has 0 spiro atoms. The van der Waals surface area contributed by atoms with E-state index < -0.39 is 0 Å². The molecule has 0 unspecified atom stereocenters. The highest BCUT2D eigenvalue weighted by Crippen LogP contribution is 2.24. The monoisotopic (exact) mass is 278 g/mol. The Hall–Kier alpha value is -3.29. The molecule has 0 aliphatic carbocycles. The maximum Gasteiger partial charge on any atom is 0.162 e. The molecule has 0 saturated carbocycles. The van der Waals surface area contributed by atoms with E-state index in [1.165, 1.54) is 0 Å². The van der Waals surface area contributed by atoms with Gasteiger partial charge in [0, 0.05) is 30.2 Å². The summed E-state index contributed by atoms with van der Waals surface area (Å²) in [6.07, 6.45) is 6.81. The van der Waals surface area contributed by atoms with Crippen LogP contribution in [0.15, 0.2) is 43.0 Å². The fourth-order valence-electron chi connectivity index (χ4n) is 2.01. The molecule has 102 valence electrons. The summed E-state index contributed by atoms with van der Waals surface area (Å²) in [5.41, 5.74) is 2.35. The highest BCUT2D eigenvalue weighted by atomic mass is 15.2. The number of hydrogen-bond acceptors (Lipinski definition) is 6.